The highest BCUT2D eigenvalue weighted by molar-refractivity contribution is 7.91. The number of carbonyl (C=O) groups is 2. The second kappa shape index (κ2) is 9.51. The molecule has 11 heteroatoms. The Bertz CT molecular complexity index is 1180. The Morgan fingerprint density at radius 2 is 1.79 bits per heavy atom. The Hall–Kier alpha value is -3.31. The predicted octanol–water partition coefficient (Wildman–Crippen LogP) is 2.06. The summed E-state index contributed by atoms with van der Waals surface area (Å²) < 4.78 is 40.9. The number of fused-ring (bicyclic) bond motifs is 2. The fourth-order valence-electron chi connectivity index (χ4n) is 4.32. The second-order valence-electron chi connectivity index (χ2n) is 7.96. The number of methoxy groups -OCH3 is 2. The van der Waals surface area contributed by atoms with Gasteiger partial charge in [-0.15, -0.1) is 0 Å². The van der Waals surface area contributed by atoms with Crippen molar-refractivity contribution >= 4 is 27.5 Å². The molecule has 34 heavy (non-hydrogen) atoms. The van der Waals surface area contributed by atoms with Crippen molar-refractivity contribution in [1.29, 1.82) is 0 Å². The lowest BCUT2D eigenvalue weighted by atomic mass is 10.1. The predicted molar refractivity (Wildman–Crippen MR) is 122 cm³/mol. The average molecular weight is 491 g/mol. The van der Waals surface area contributed by atoms with Crippen LogP contribution in [-0.2, 0) is 14.6 Å². The summed E-state index contributed by atoms with van der Waals surface area (Å²) in [4.78, 5) is 29.0. The highest BCUT2D eigenvalue weighted by Crippen LogP contribution is 2.41. The summed E-state index contributed by atoms with van der Waals surface area (Å²) in [5.74, 6) is -0.226. The monoisotopic (exact) mass is 490 g/mol. The topological polar surface area (TPSA) is 123 Å². The van der Waals surface area contributed by atoms with E-state index in [1.807, 2.05) is 0 Å². The van der Waals surface area contributed by atoms with Crippen molar-refractivity contribution in [2.45, 2.75) is 30.0 Å². The number of carbonyl (C=O) groups excluding carboxylic acids is 2. The van der Waals surface area contributed by atoms with Crippen LogP contribution in [0.4, 0.5) is 10.5 Å². The van der Waals surface area contributed by atoms with E-state index in [0.717, 1.165) is 4.90 Å². The highest BCUT2D eigenvalue weighted by Gasteiger charge is 2.45. The second-order valence-corrected chi connectivity index (χ2v) is 10.1. The van der Waals surface area contributed by atoms with Crippen LogP contribution in [0.2, 0.25) is 0 Å². The number of anilines is 1. The van der Waals surface area contributed by atoms with E-state index in [4.69, 9.17) is 14.2 Å². The summed E-state index contributed by atoms with van der Waals surface area (Å²) in [6.45, 7) is 0.0107. The SMILES string of the molecule is COc1cc2c(cc1OC)N(C(=O)OCCS(=O)(=O)c1ccccc1)[C@@H](O)[C@@H]1CCCN1C2=O. The molecule has 2 amide bonds. The maximum Gasteiger partial charge on any atom is 0.416 e. The van der Waals surface area contributed by atoms with Crippen LogP contribution in [0.25, 0.3) is 0 Å². The zero-order valence-corrected chi connectivity index (χ0v) is 19.7. The van der Waals surface area contributed by atoms with Crippen LogP contribution in [0.5, 0.6) is 11.5 Å². The maximum atomic E-state index is 13.3. The molecule has 1 fully saturated rings. The molecule has 0 aromatic heterocycles. The van der Waals surface area contributed by atoms with E-state index in [-0.39, 0.29) is 27.8 Å². The van der Waals surface area contributed by atoms with Crippen molar-refractivity contribution in [3.05, 3.63) is 48.0 Å². The van der Waals surface area contributed by atoms with Gasteiger partial charge in [-0.05, 0) is 31.0 Å². The van der Waals surface area contributed by atoms with Gasteiger partial charge in [-0.25, -0.2) is 18.1 Å². The molecule has 2 aromatic rings. The van der Waals surface area contributed by atoms with Gasteiger partial charge in [0.05, 0.1) is 42.2 Å². The van der Waals surface area contributed by atoms with E-state index in [0.29, 0.717) is 25.1 Å². The molecule has 0 unspecified atom stereocenters. The fraction of sp³-hybridized carbons (Fsp3) is 0.391. The van der Waals surface area contributed by atoms with E-state index in [1.54, 1.807) is 18.2 Å². The number of nitrogens with zero attached hydrogens (tertiary/aromatic N) is 2. The molecule has 1 saturated heterocycles. The van der Waals surface area contributed by atoms with Crippen molar-refractivity contribution in [3.8, 4) is 11.5 Å². The molecule has 1 N–H and O–H groups in total. The summed E-state index contributed by atoms with van der Waals surface area (Å²) in [6.07, 6.45) is -1.18. The van der Waals surface area contributed by atoms with Gasteiger partial charge < -0.3 is 24.2 Å². The molecular weight excluding hydrogens is 464 g/mol. The normalized spacial score (nSPS) is 19.8. The first-order chi connectivity index (χ1) is 16.3. The molecule has 2 atom stereocenters. The van der Waals surface area contributed by atoms with Gasteiger partial charge in [-0.1, -0.05) is 18.2 Å². The van der Waals surface area contributed by atoms with Crippen LogP contribution in [0, 0.1) is 0 Å². The molecule has 4 rings (SSSR count). The van der Waals surface area contributed by atoms with Gasteiger partial charge in [-0.2, -0.15) is 0 Å². The van der Waals surface area contributed by atoms with Crippen molar-refractivity contribution in [1.82, 2.24) is 4.90 Å². The molecule has 2 aliphatic rings. The van der Waals surface area contributed by atoms with Gasteiger partial charge in [0, 0.05) is 12.6 Å². The van der Waals surface area contributed by atoms with Gasteiger partial charge in [0.15, 0.2) is 27.6 Å². The van der Waals surface area contributed by atoms with Gasteiger partial charge in [-0.3, -0.25) is 4.79 Å². The number of amides is 2. The molecule has 0 saturated carbocycles. The largest absolute Gasteiger partial charge is 0.493 e. The first-order valence-corrected chi connectivity index (χ1v) is 12.4. The number of aliphatic hydroxyl groups excluding tert-OH is 1. The third-order valence-electron chi connectivity index (χ3n) is 6.04. The van der Waals surface area contributed by atoms with Gasteiger partial charge in [0.2, 0.25) is 0 Å². The fourth-order valence-corrected chi connectivity index (χ4v) is 5.43. The number of sulfone groups is 1. The van der Waals surface area contributed by atoms with Crippen molar-refractivity contribution in [3.63, 3.8) is 0 Å². The zero-order valence-electron chi connectivity index (χ0n) is 18.8. The first kappa shape index (κ1) is 23.8. The molecule has 0 spiro atoms. The number of hydrogen-bond acceptors (Lipinski definition) is 8. The summed E-state index contributed by atoms with van der Waals surface area (Å²) in [7, 11) is -0.828. The molecule has 2 aromatic carbocycles. The van der Waals surface area contributed by atoms with Crippen LogP contribution in [0.3, 0.4) is 0 Å². The first-order valence-electron chi connectivity index (χ1n) is 10.8. The third kappa shape index (κ3) is 4.28. The minimum Gasteiger partial charge on any atom is -0.493 e. The van der Waals surface area contributed by atoms with Crippen LogP contribution in [-0.4, -0.2) is 75.8 Å². The Kier molecular flexibility index (Phi) is 6.67. The van der Waals surface area contributed by atoms with Crippen LogP contribution < -0.4 is 14.4 Å². The quantitative estimate of drug-likeness (QED) is 0.653. The molecule has 10 nitrogen and oxygen atoms in total. The minimum atomic E-state index is -3.67. The van der Waals surface area contributed by atoms with Crippen LogP contribution >= 0.6 is 0 Å². The standard InChI is InChI=1S/C23H26N2O8S/c1-31-19-13-16-18(14-20(19)32-2)25(22(27)17-9-6-10-24(17)21(16)26)23(28)33-11-12-34(29,30)15-7-4-3-5-8-15/h3-5,7-8,13-14,17,22,27H,6,9-12H2,1-2H3/t17-,22-/m0/s1. The minimum absolute atomic E-state index is 0.0977. The van der Waals surface area contributed by atoms with Crippen molar-refractivity contribution in [2.24, 2.45) is 0 Å². The molecule has 2 heterocycles. The number of hydrogen-bond donors (Lipinski definition) is 1. The highest BCUT2D eigenvalue weighted by atomic mass is 32.2. The Balaban J connectivity index is 1.63. The van der Waals surface area contributed by atoms with Gasteiger partial charge in [0.1, 0.15) is 6.61 Å². The molecular formula is C23H26N2O8S. The lowest BCUT2D eigenvalue weighted by Gasteiger charge is -2.31. The third-order valence-corrected chi connectivity index (χ3v) is 7.73. The van der Waals surface area contributed by atoms with E-state index < -0.39 is 40.6 Å². The van der Waals surface area contributed by atoms with Crippen LogP contribution in [0.1, 0.15) is 23.2 Å². The Morgan fingerprint density at radius 1 is 1.12 bits per heavy atom. The number of aliphatic hydroxyl groups is 1. The van der Waals surface area contributed by atoms with E-state index in [1.165, 1.54) is 43.4 Å². The lowest BCUT2D eigenvalue weighted by molar-refractivity contribution is 0.0493. The van der Waals surface area contributed by atoms with Crippen molar-refractivity contribution < 1.29 is 37.3 Å². The number of ether oxygens (including phenoxy) is 3. The molecule has 182 valence electrons. The summed E-state index contributed by atoms with van der Waals surface area (Å²) in [6, 6.07) is 10.1. The smallest absolute Gasteiger partial charge is 0.416 e. The van der Waals surface area contributed by atoms with E-state index >= 15 is 0 Å². The molecule has 0 aliphatic carbocycles. The summed E-state index contributed by atoms with van der Waals surface area (Å²) in [5.41, 5.74) is 0.246. The van der Waals surface area contributed by atoms with Gasteiger partial charge >= 0.3 is 6.09 Å². The molecule has 0 bridgehead atoms. The van der Waals surface area contributed by atoms with E-state index in [2.05, 4.69) is 0 Å². The maximum absolute atomic E-state index is 13.3. The Labute approximate surface area is 197 Å². The van der Waals surface area contributed by atoms with E-state index in [9.17, 15) is 23.1 Å². The molecule has 2 aliphatic heterocycles. The Morgan fingerprint density at radius 3 is 2.47 bits per heavy atom. The molecule has 0 radical (unpaired) electrons. The number of rotatable bonds is 6. The van der Waals surface area contributed by atoms with Gasteiger partial charge in [0.25, 0.3) is 5.91 Å². The average Bonchev–Trinajstić information content (AvgIpc) is 3.31. The van der Waals surface area contributed by atoms with Crippen LogP contribution in [0.15, 0.2) is 47.4 Å². The summed E-state index contributed by atoms with van der Waals surface area (Å²) in [5, 5.41) is 11.1. The summed E-state index contributed by atoms with van der Waals surface area (Å²) >= 11 is 0. The van der Waals surface area contributed by atoms with Crippen molar-refractivity contribution in [2.75, 3.05) is 38.0 Å². The number of benzene rings is 2. The zero-order chi connectivity index (χ0) is 24.5. The lowest BCUT2D eigenvalue weighted by Crippen LogP contribution is -2.51.